The number of ether oxygens (including phenoxy) is 2. The van der Waals surface area contributed by atoms with E-state index in [1.54, 1.807) is 11.3 Å². The van der Waals surface area contributed by atoms with Gasteiger partial charge in [0.2, 0.25) is 0 Å². The Morgan fingerprint density at radius 2 is 2.24 bits per heavy atom. The van der Waals surface area contributed by atoms with Crippen LogP contribution in [0.1, 0.15) is 6.42 Å². The molecule has 0 saturated carbocycles. The monoisotopic (exact) mass is 250 g/mol. The molecule has 2 aromatic rings. The van der Waals surface area contributed by atoms with Crippen LogP contribution < -0.4 is 0 Å². The lowest BCUT2D eigenvalue weighted by atomic mass is 10.2. The number of hydrogen-bond acceptors (Lipinski definition) is 4. The Labute approximate surface area is 104 Å². The van der Waals surface area contributed by atoms with Crippen LogP contribution in [-0.4, -0.2) is 29.3 Å². The van der Waals surface area contributed by atoms with Crippen molar-refractivity contribution in [2.45, 2.75) is 19.3 Å². The van der Waals surface area contributed by atoms with E-state index in [1.165, 1.54) is 5.56 Å². The summed E-state index contributed by atoms with van der Waals surface area (Å²) in [7, 11) is 0. The van der Waals surface area contributed by atoms with Crippen LogP contribution in [-0.2, 0) is 16.0 Å². The average molecular weight is 250 g/mol. The molecule has 3 heterocycles. The Morgan fingerprint density at radius 3 is 3.00 bits per heavy atom. The van der Waals surface area contributed by atoms with Crippen molar-refractivity contribution in [3.8, 4) is 11.3 Å². The lowest BCUT2D eigenvalue weighted by Crippen LogP contribution is -2.12. The maximum Gasteiger partial charge on any atom is 0.159 e. The molecule has 1 aliphatic heterocycles. The fourth-order valence-electron chi connectivity index (χ4n) is 1.86. The fraction of sp³-hybridized carbons (Fsp3) is 0.417. The molecule has 0 atom stereocenters. The molecule has 4 nitrogen and oxygen atoms in total. The van der Waals surface area contributed by atoms with Crippen LogP contribution in [0.4, 0.5) is 0 Å². The highest BCUT2D eigenvalue weighted by Gasteiger charge is 2.15. The summed E-state index contributed by atoms with van der Waals surface area (Å²) in [4.78, 5) is 0. The molecule has 1 aliphatic rings. The highest BCUT2D eigenvalue weighted by Crippen LogP contribution is 2.20. The lowest BCUT2D eigenvalue weighted by molar-refractivity contribution is -0.0495. The molecule has 0 bridgehead atoms. The molecule has 0 unspecified atom stereocenters. The van der Waals surface area contributed by atoms with E-state index in [-0.39, 0.29) is 6.29 Å². The zero-order valence-electron chi connectivity index (χ0n) is 9.41. The van der Waals surface area contributed by atoms with Crippen LogP contribution >= 0.6 is 11.3 Å². The van der Waals surface area contributed by atoms with Gasteiger partial charge in [0.25, 0.3) is 0 Å². The van der Waals surface area contributed by atoms with Crippen molar-refractivity contribution in [1.29, 1.82) is 0 Å². The first kappa shape index (κ1) is 11.0. The minimum atomic E-state index is -0.0520. The molecule has 1 fully saturated rings. The molecule has 90 valence electrons. The zero-order valence-corrected chi connectivity index (χ0v) is 10.2. The lowest BCUT2D eigenvalue weighted by Gasteiger charge is -2.08. The predicted octanol–water partition coefficient (Wildman–Crippen LogP) is 2.37. The van der Waals surface area contributed by atoms with Crippen molar-refractivity contribution >= 4 is 11.3 Å². The molecule has 3 rings (SSSR count). The molecule has 5 heteroatoms. The summed E-state index contributed by atoms with van der Waals surface area (Å²) in [5, 5.41) is 8.70. The summed E-state index contributed by atoms with van der Waals surface area (Å²) in [6, 6.07) is 4.12. The Bertz CT molecular complexity index is 461. The second kappa shape index (κ2) is 5.00. The maximum atomic E-state index is 5.39. The largest absolute Gasteiger partial charge is 0.350 e. The van der Waals surface area contributed by atoms with E-state index in [2.05, 4.69) is 21.9 Å². The molecule has 0 radical (unpaired) electrons. The van der Waals surface area contributed by atoms with Gasteiger partial charge in [-0.15, -0.1) is 0 Å². The maximum absolute atomic E-state index is 5.39. The normalized spacial score (nSPS) is 16.7. The zero-order chi connectivity index (χ0) is 11.5. The number of nitrogens with zero attached hydrogens (tertiary/aromatic N) is 2. The number of aromatic nitrogens is 2. The molecular formula is C12H14N2O2S. The molecule has 0 aliphatic carbocycles. The third-order valence-corrected chi connectivity index (χ3v) is 3.43. The van der Waals surface area contributed by atoms with Crippen LogP contribution in [0, 0.1) is 0 Å². The van der Waals surface area contributed by atoms with Crippen LogP contribution in [0.25, 0.3) is 11.3 Å². The van der Waals surface area contributed by atoms with E-state index in [9.17, 15) is 0 Å². The highest BCUT2D eigenvalue weighted by molar-refractivity contribution is 7.08. The van der Waals surface area contributed by atoms with E-state index in [0.29, 0.717) is 13.2 Å². The second-order valence-electron chi connectivity index (χ2n) is 3.94. The van der Waals surface area contributed by atoms with Gasteiger partial charge in [0.05, 0.1) is 18.9 Å². The minimum Gasteiger partial charge on any atom is -0.350 e. The van der Waals surface area contributed by atoms with Gasteiger partial charge in [0, 0.05) is 30.1 Å². The third kappa shape index (κ3) is 2.57. The Morgan fingerprint density at radius 1 is 1.35 bits per heavy atom. The summed E-state index contributed by atoms with van der Waals surface area (Å²) in [5.41, 5.74) is 2.21. The van der Waals surface area contributed by atoms with Crippen molar-refractivity contribution in [3.05, 3.63) is 29.1 Å². The van der Waals surface area contributed by atoms with Crippen molar-refractivity contribution in [2.75, 3.05) is 13.2 Å². The van der Waals surface area contributed by atoms with Crippen molar-refractivity contribution in [2.24, 2.45) is 0 Å². The van der Waals surface area contributed by atoms with Crippen LogP contribution in [0.3, 0.4) is 0 Å². The number of hydrogen-bond donors (Lipinski definition) is 0. The van der Waals surface area contributed by atoms with Crippen LogP contribution in [0.5, 0.6) is 0 Å². The Balaban J connectivity index is 1.60. The summed E-state index contributed by atoms with van der Waals surface area (Å²) >= 11 is 1.69. The van der Waals surface area contributed by atoms with E-state index in [1.807, 2.05) is 16.9 Å². The SMILES string of the molecule is c1cc(-c2ccn(CCC3OCCO3)n2)cs1. The third-order valence-electron chi connectivity index (χ3n) is 2.74. The fourth-order valence-corrected chi connectivity index (χ4v) is 2.51. The van der Waals surface area contributed by atoms with Gasteiger partial charge in [-0.05, 0) is 17.5 Å². The summed E-state index contributed by atoms with van der Waals surface area (Å²) in [6.45, 7) is 2.25. The highest BCUT2D eigenvalue weighted by atomic mass is 32.1. The first-order valence-electron chi connectivity index (χ1n) is 5.71. The summed E-state index contributed by atoms with van der Waals surface area (Å²) < 4.78 is 12.7. The number of thiophene rings is 1. The minimum absolute atomic E-state index is 0.0520. The first-order valence-corrected chi connectivity index (χ1v) is 6.65. The number of aryl methyl sites for hydroxylation is 1. The molecule has 2 aromatic heterocycles. The van der Waals surface area contributed by atoms with Gasteiger partial charge in [-0.25, -0.2) is 0 Å². The van der Waals surface area contributed by atoms with Gasteiger partial charge < -0.3 is 9.47 Å². The predicted molar refractivity (Wildman–Crippen MR) is 65.8 cm³/mol. The molecule has 17 heavy (non-hydrogen) atoms. The van der Waals surface area contributed by atoms with Gasteiger partial charge >= 0.3 is 0 Å². The quantitative estimate of drug-likeness (QED) is 0.836. The molecule has 0 spiro atoms. The Kier molecular flexibility index (Phi) is 3.22. The molecule has 1 saturated heterocycles. The van der Waals surface area contributed by atoms with Gasteiger partial charge in [-0.3, -0.25) is 4.68 Å². The number of rotatable bonds is 4. The van der Waals surface area contributed by atoms with Gasteiger partial charge in [-0.1, -0.05) is 0 Å². The van der Waals surface area contributed by atoms with Crippen molar-refractivity contribution < 1.29 is 9.47 Å². The van der Waals surface area contributed by atoms with E-state index >= 15 is 0 Å². The van der Waals surface area contributed by atoms with E-state index in [0.717, 1.165) is 18.7 Å². The van der Waals surface area contributed by atoms with Crippen molar-refractivity contribution in [3.63, 3.8) is 0 Å². The molecule has 0 aromatic carbocycles. The summed E-state index contributed by atoms with van der Waals surface area (Å²) in [6.07, 6.45) is 2.80. The smallest absolute Gasteiger partial charge is 0.159 e. The average Bonchev–Trinajstić information content (AvgIpc) is 3.09. The van der Waals surface area contributed by atoms with E-state index in [4.69, 9.17) is 9.47 Å². The van der Waals surface area contributed by atoms with Crippen molar-refractivity contribution in [1.82, 2.24) is 9.78 Å². The Hall–Kier alpha value is -1.17. The van der Waals surface area contributed by atoms with Gasteiger partial charge in [-0.2, -0.15) is 16.4 Å². The molecular weight excluding hydrogens is 236 g/mol. The first-order chi connectivity index (χ1) is 8.42. The topological polar surface area (TPSA) is 36.3 Å². The van der Waals surface area contributed by atoms with Gasteiger partial charge in [0.1, 0.15) is 0 Å². The molecule has 0 amide bonds. The van der Waals surface area contributed by atoms with E-state index < -0.39 is 0 Å². The van der Waals surface area contributed by atoms with Crippen LogP contribution in [0.2, 0.25) is 0 Å². The van der Waals surface area contributed by atoms with Gasteiger partial charge in [0.15, 0.2) is 6.29 Å². The van der Waals surface area contributed by atoms with Crippen LogP contribution in [0.15, 0.2) is 29.1 Å². The molecule has 0 N–H and O–H groups in total. The summed E-state index contributed by atoms with van der Waals surface area (Å²) in [5.74, 6) is 0. The standard InChI is InChI=1S/C12H14N2O2S/c1-4-14(5-2-12-15-6-7-16-12)13-11(1)10-3-8-17-9-10/h1,3-4,8-9,12H,2,5-7H2. The second-order valence-corrected chi connectivity index (χ2v) is 4.72.